The van der Waals surface area contributed by atoms with Gasteiger partial charge >= 0.3 is 0 Å². The highest BCUT2D eigenvalue weighted by Crippen LogP contribution is 2.28. The molecule has 0 bridgehead atoms. The largest absolute Gasteiger partial charge is 0.311 e. The topological polar surface area (TPSA) is 15.3 Å². The van der Waals surface area contributed by atoms with Crippen molar-refractivity contribution in [2.24, 2.45) is 5.92 Å². The summed E-state index contributed by atoms with van der Waals surface area (Å²) in [6.45, 7) is 11.3. The number of rotatable bonds is 6. The minimum Gasteiger partial charge on any atom is -0.311 e. The van der Waals surface area contributed by atoms with Crippen molar-refractivity contribution >= 4 is 0 Å². The molecule has 0 aromatic heterocycles. The zero-order valence-corrected chi connectivity index (χ0v) is 11.9. The van der Waals surface area contributed by atoms with Crippen LogP contribution in [0, 0.1) is 5.92 Å². The molecule has 1 aliphatic heterocycles. The first-order chi connectivity index (χ1) is 8.07. The van der Waals surface area contributed by atoms with Crippen LogP contribution >= 0.6 is 0 Å². The van der Waals surface area contributed by atoms with E-state index in [1.807, 2.05) is 0 Å². The minimum absolute atomic E-state index is 0.180. The van der Waals surface area contributed by atoms with Crippen LogP contribution in [0.2, 0.25) is 0 Å². The molecule has 0 aromatic carbocycles. The molecule has 3 heteroatoms. The summed E-state index contributed by atoms with van der Waals surface area (Å²) in [5.41, 5.74) is 0.180. The summed E-state index contributed by atoms with van der Waals surface area (Å²) in [5, 5.41) is 3.67. The maximum atomic E-state index is 12.7. The number of nitrogens with zero attached hydrogens (tertiary/aromatic N) is 1. The monoisotopic (exact) mass is 244 g/mol. The molecule has 1 unspecified atom stereocenters. The number of hydrogen-bond acceptors (Lipinski definition) is 2. The molecular formula is C14H29FN2. The van der Waals surface area contributed by atoms with E-state index >= 15 is 0 Å². The van der Waals surface area contributed by atoms with Gasteiger partial charge in [0.2, 0.25) is 0 Å². The molecule has 1 saturated heterocycles. The molecule has 1 fully saturated rings. The van der Waals surface area contributed by atoms with Crippen LogP contribution in [0.1, 0.15) is 47.0 Å². The molecule has 1 heterocycles. The van der Waals surface area contributed by atoms with E-state index in [9.17, 15) is 4.39 Å². The number of halogens is 1. The molecule has 2 nitrogen and oxygen atoms in total. The van der Waals surface area contributed by atoms with E-state index in [4.69, 9.17) is 0 Å². The molecule has 102 valence electrons. The maximum Gasteiger partial charge on any atom is 0.102 e. The fraction of sp³-hybridized carbons (Fsp3) is 1.00. The van der Waals surface area contributed by atoms with Crippen molar-refractivity contribution in [1.29, 1.82) is 0 Å². The second-order valence-corrected chi connectivity index (χ2v) is 5.77. The van der Waals surface area contributed by atoms with Crippen molar-refractivity contribution in [2.45, 2.75) is 58.5 Å². The maximum absolute atomic E-state index is 12.7. The fourth-order valence-electron chi connectivity index (χ4n) is 3.07. The Morgan fingerprint density at radius 3 is 2.47 bits per heavy atom. The lowest BCUT2D eigenvalue weighted by atomic mass is 9.86. The van der Waals surface area contributed by atoms with Gasteiger partial charge in [-0.15, -0.1) is 0 Å². The minimum atomic E-state index is -0.226. The van der Waals surface area contributed by atoms with Crippen molar-refractivity contribution in [1.82, 2.24) is 10.2 Å². The Morgan fingerprint density at radius 2 is 2.00 bits per heavy atom. The summed E-state index contributed by atoms with van der Waals surface area (Å²) in [6, 6.07) is 0.535. The van der Waals surface area contributed by atoms with E-state index < -0.39 is 0 Å². The first kappa shape index (κ1) is 14.9. The lowest BCUT2D eigenvalue weighted by Gasteiger charge is -2.49. The number of piperazine rings is 1. The van der Waals surface area contributed by atoms with Crippen molar-refractivity contribution in [3.05, 3.63) is 0 Å². The van der Waals surface area contributed by atoms with Gasteiger partial charge in [-0.25, -0.2) is 4.39 Å². The normalized spacial score (nSPS) is 25.4. The van der Waals surface area contributed by atoms with Gasteiger partial charge in [0.1, 0.15) is 6.67 Å². The molecule has 1 rings (SSSR count). The van der Waals surface area contributed by atoms with Gasteiger partial charge in [0.25, 0.3) is 0 Å². The smallest absolute Gasteiger partial charge is 0.102 e. The van der Waals surface area contributed by atoms with Gasteiger partial charge in [0, 0.05) is 31.2 Å². The van der Waals surface area contributed by atoms with Crippen LogP contribution in [0.4, 0.5) is 4.39 Å². The summed E-state index contributed by atoms with van der Waals surface area (Å²) < 4.78 is 12.7. The van der Waals surface area contributed by atoms with Gasteiger partial charge in [-0.1, -0.05) is 27.7 Å². The zero-order valence-electron chi connectivity index (χ0n) is 11.9. The first-order valence-corrected chi connectivity index (χ1v) is 7.12. The number of nitrogens with one attached hydrogen (secondary N) is 1. The van der Waals surface area contributed by atoms with Crippen molar-refractivity contribution in [2.75, 3.05) is 26.3 Å². The number of alkyl halides is 1. The fourth-order valence-corrected chi connectivity index (χ4v) is 3.07. The molecule has 0 aromatic rings. The summed E-state index contributed by atoms with van der Waals surface area (Å²) >= 11 is 0. The van der Waals surface area contributed by atoms with Crippen molar-refractivity contribution in [3.63, 3.8) is 0 Å². The Balaban J connectivity index is 2.66. The summed E-state index contributed by atoms with van der Waals surface area (Å²) in [4.78, 5) is 2.39. The molecule has 17 heavy (non-hydrogen) atoms. The quantitative estimate of drug-likeness (QED) is 0.773. The van der Waals surface area contributed by atoms with Crippen LogP contribution in [-0.4, -0.2) is 42.8 Å². The molecule has 1 aliphatic rings. The molecule has 0 saturated carbocycles. The first-order valence-electron chi connectivity index (χ1n) is 7.12. The Morgan fingerprint density at radius 1 is 1.35 bits per heavy atom. The van der Waals surface area contributed by atoms with E-state index in [1.54, 1.807) is 0 Å². The Bertz CT molecular complexity index is 214. The van der Waals surface area contributed by atoms with E-state index in [1.165, 1.54) is 6.42 Å². The summed E-state index contributed by atoms with van der Waals surface area (Å²) in [7, 11) is 0. The lowest BCUT2D eigenvalue weighted by Crippen LogP contribution is -2.64. The molecule has 0 amide bonds. The van der Waals surface area contributed by atoms with Crippen LogP contribution in [0.25, 0.3) is 0 Å². The van der Waals surface area contributed by atoms with E-state index in [0.29, 0.717) is 18.5 Å². The van der Waals surface area contributed by atoms with Gasteiger partial charge in [-0.3, -0.25) is 4.90 Å². The predicted octanol–water partition coefficient (Wildman–Crippen LogP) is 2.83. The molecule has 0 radical (unpaired) electrons. The predicted molar refractivity (Wildman–Crippen MR) is 72.1 cm³/mol. The highest BCUT2D eigenvalue weighted by atomic mass is 19.1. The van der Waals surface area contributed by atoms with Gasteiger partial charge in [-0.2, -0.15) is 0 Å². The summed E-state index contributed by atoms with van der Waals surface area (Å²) in [6.07, 6.45) is 3.39. The molecule has 0 aliphatic carbocycles. The van der Waals surface area contributed by atoms with Crippen LogP contribution in [0.5, 0.6) is 0 Å². The average Bonchev–Trinajstić information content (AvgIpc) is 2.30. The second-order valence-electron chi connectivity index (χ2n) is 5.77. The zero-order chi connectivity index (χ0) is 12.9. The van der Waals surface area contributed by atoms with Crippen molar-refractivity contribution in [3.8, 4) is 0 Å². The third kappa shape index (κ3) is 3.65. The van der Waals surface area contributed by atoms with Crippen LogP contribution in [0.3, 0.4) is 0 Å². The average molecular weight is 244 g/mol. The lowest BCUT2D eigenvalue weighted by molar-refractivity contribution is 0.0233. The third-order valence-electron chi connectivity index (χ3n) is 4.26. The van der Waals surface area contributed by atoms with Gasteiger partial charge < -0.3 is 5.32 Å². The van der Waals surface area contributed by atoms with Crippen molar-refractivity contribution < 1.29 is 4.39 Å². The molecular weight excluding hydrogens is 215 g/mol. The van der Waals surface area contributed by atoms with Crippen LogP contribution < -0.4 is 5.32 Å². The van der Waals surface area contributed by atoms with Gasteiger partial charge in [-0.05, 0) is 25.2 Å². The third-order valence-corrected chi connectivity index (χ3v) is 4.26. The summed E-state index contributed by atoms with van der Waals surface area (Å²) in [5.74, 6) is 0.704. The highest BCUT2D eigenvalue weighted by molar-refractivity contribution is 4.97. The standard InChI is InChI=1S/C14H29FN2/c1-5-14(6-2)11-16-13(9-12(3)4)10-17(14)8-7-15/h12-13,16H,5-11H2,1-4H3. The molecule has 0 spiro atoms. The molecule has 1 atom stereocenters. The van der Waals surface area contributed by atoms with E-state index in [2.05, 4.69) is 37.9 Å². The SMILES string of the molecule is CCC1(CC)CNC(CC(C)C)CN1CCF. The van der Waals surface area contributed by atoms with Crippen LogP contribution in [0.15, 0.2) is 0 Å². The number of hydrogen-bond donors (Lipinski definition) is 1. The van der Waals surface area contributed by atoms with Gasteiger partial charge in [0.15, 0.2) is 0 Å². The van der Waals surface area contributed by atoms with Crippen LogP contribution in [-0.2, 0) is 0 Å². The Labute approximate surface area is 106 Å². The Kier molecular flexibility index (Phi) is 5.87. The van der Waals surface area contributed by atoms with Gasteiger partial charge in [0.05, 0.1) is 0 Å². The molecule has 1 N–H and O–H groups in total. The second kappa shape index (κ2) is 6.69. The van der Waals surface area contributed by atoms with E-state index in [0.717, 1.165) is 25.9 Å². The van der Waals surface area contributed by atoms with E-state index in [-0.39, 0.29) is 12.2 Å². The highest BCUT2D eigenvalue weighted by Gasteiger charge is 2.38. The Hall–Kier alpha value is -0.150.